The molecule has 2 aromatic carbocycles. The van der Waals surface area contributed by atoms with Gasteiger partial charge in [0.25, 0.3) is 0 Å². The van der Waals surface area contributed by atoms with Gasteiger partial charge in [0.15, 0.2) is 17.3 Å². The van der Waals surface area contributed by atoms with Gasteiger partial charge in [-0.3, -0.25) is 14.5 Å². The van der Waals surface area contributed by atoms with Gasteiger partial charge in [0.2, 0.25) is 5.91 Å². The van der Waals surface area contributed by atoms with Gasteiger partial charge in [-0.15, -0.1) is 0 Å². The van der Waals surface area contributed by atoms with Crippen molar-refractivity contribution in [1.82, 2.24) is 4.90 Å². The summed E-state index contributed by atoms with van der Waals surface area (Å²) in [7, 11) is 0. The van der Waals surface area contributed by atoms with E-state index in [2.05, 4.69) is 30.1 Å². The van der Waals surface area contributed by atoms with Crippen LogP contribution in [0.4, 0.5) is 5.69 Å². The molecule has 31 heavy (non-hydrogen) atoms. The molecule has 6 nitrogen and oxygen atoms in total. The predicted molar refractivity (Wildman–Crippen MR) is 120 cm³/mol. The van der Waals surface area contributed by atoms with Gasteiger partial charge in [0, 0.05) is 17.2 Å². The monoisotopic (exact) mass is 422 g/mol. The van der Waals surface area contributed by atoms with Crippen LogP contribution in [0.15, 0.2) is 42.5 Å². The summed E-state index contributed by atoms with van der Waals surface area (Å²) in [5, 5.41) is 3.00. The van der Waals surface area contributed by atoms with Gasteiger partial charge >= 0.3 is 0 Å². The molecule has 4 rings (SSSR count). The molecular weight excluding hydrogens is 392 g/mol. The smallest absolute Gasteiger partial charge is 0.238 e. The van der Waals surface area contributed by atoms with Crippen molar-refractivity contribution >= 4 is 17.4 Å². The highest BCUT2D eigenvalue weighted by molar-refractivity contribution is 5.98. The van der Waals surface area contributed by atoms with Gasteiger partial charge in [0.05, 0.1) is 6.54 Å². The minimum Gasteiger partial charge on any atom is -0.486 e. The summed E-state index contributed by atoms with van der Waals surface area (Å²) >= 11 is 0. The zero-order valence-corrected chi connectivity index (χ0v) is 18.2. The molecule has 0 atom stereocenters. The lowest BCUT2D eigenvalue weighted by Gasteiger charge is -2.31. The summed E-state index contributed by atoms with van der Waals surface area (Å²) in [4.78, 5) is 27.6. The van der Waals surface area contributed by atoms with Crippen molar-refractivity contribution in [1.29, 1.82) is 0 Å². The molecule has 2 aliphatic rings. The number of carbonyl (C=O) groups is 2. The van der Waals surface area contributed by atoms with E-state index in [9.17, 15) is 9.59 Å². The number of ether oxygens (including phenoxy) is 2. The second-order valence-corrected chi connectivity index (χ2v) is 8.60. The van der Waals surface area contributed by atoms with Crippen molar-refractivity contribution in [3.8, 4) is 11.5 Å². The lowest BCUT2D eigenvalue weighted by atomic mass is 9.88. The van der Waals surface area contributed by atoms with E-state index in [1.54, 1.807) is 6.07 Å². The topological polar surface area (TPSA) is 67.9 Å². The number of ketones is 1. The highest BCUT2D eigenvalue weighted by Crippen LogP contribution is 2.32. The number of anilines is 1. The van der Waals surface area contributed by atoms with Crippen LogP contribution in [0.2, 0.25) is 0 Å². The van der Waals surface area contributed by atoms with Crippen LogP contribution < -0.4 is 14.8 Å². The van der Waals surface area contributed by atoms with Crippen LogP contribution >= 0.6 is 0 Å². The lowest BCUT2D eigenvalue weighted by molar-refractivity contribution is -0.117. The zero-order chi connectivity index (χ0) is 21.8. The fourth-order valence-electron chi connectivity index (χ4n) is 4.16. The Balaban J connectivity index is 1.28. The molecule has 0 aliphatic carbocycles. The van der Waals surface area contributed by atoms with E-state index in [4.69, 9.17) is 9.47 Å². The van der Waals surface area contributed by atoms with Crippen molar-refractivity contribution in [3.05, 3.63) is 53.6 Å². The van der Waals surface area contributed by atoms with E-state index in [1.807, 2.05) is 30.3 Å². The van der Waals surface area contributed by atoms with Crippen molar-refractivity contribution in [3.63, 3.8) is 0 Å². The quantitative estimate of drug-likeness (QED) is 0.710. The van der Waals surface area contributed by atoms with Gasteiger partial charge in [-0.05, 0) is 67.7 Å². The standard InChI is InChI=1S/C25H30N2O4/c1-17(2)19-4-3-5-21(14-19)26-24(28)16-27-10-8-18(9-11-27)25(29)20-6-7-22-23(15-20)31-13-12-30-22/h3-7,14-15,17-18H,8-13,16H2,1-2H3,(H,26,28). The Hall–Kier alpha value is -2.86. The number of rotatable bonds is 6. The number of hydrogen-bond acceptors (Lipinski definition) is 5. The number of piperidine rings is 1. The van der Waals surface area contributed by atoms with Gasteiger partial charge in [-0.2, -0.15) is 0 Å². The van der Waals surface area contributed by atoms with Crippen LogP contribution in [0, 0.1) is 5.92 Å². The Kier molecular flexibility index (Phi) is 6.56. The molecule has 2 heterocycles. The first-order valence-corrected chi connectivity index (χ1v) is 11.1. The average Bonchev–Trinajstić information content (AvgIpc) is 2.79. The van der Waals surface area contributed by atoms with E-state index in [0.717, 1.165) is 31.6 Å². The molecule has 164 valence electrons. The van der Waals surface area contributed by atoms with E-state index in [1.165, 1.54) is 5.56 Å². The maximum absolute atomic E-state index is 12.9. The number of hydrogen-bond donors (Lipinski definition) is 1. The van der Waals surface area contributed by atoms with Crippen LogP contribution in [0.5, 0.6) is 11.5 Å². The number of nitrogens with zero attached hydrogens (tertiary/aromatic N) is 1. The normalized spacial score (nSPS) is 16.9. The number of likely N-dealkylation sites (tertiary alicyclic amines) is 1. The van der Waals surface area contributed by atoms with Crippen LogP contribution in [-0.4, -0.2) is 49.4 Å². The third kappa shape index (κ3) is 5.25. The highest BCUT2D eigenvalue weighted by atomic mass is 16.6. The van der Waals surface area contributed by atoms with Gasteiger partial charge < -0.3 is 14.8 Å². The molecule has 0 radical (unpaired) electrons. The van der Waals surface area contributed by atoms with Crippen LogP contribution in [0.25, 0.3) is 0 Å². The fourth-order valence-corrected chi connectivity index (χ4v) is 4.16. The molecule has 0 saturated carbocycles. The molecule has 0 unspecified atom stereocenters. The summed E-state index contributed by atoms with van der Waals surface area (Å²) in [6, 6.07) is 13.4. The Labute approximate surface area is 183 Å². The average molecular weight is 423 g/mol. The summed E-state index contributed by atoms with van der Waals surface area (Å²) in [6.07, 6.45) is 1.51. The molecule has 6 heteroatoms. The SMILES string of the molecule is CC(C)c1cccc(NC(=O)CN2CCC(C(=O)c3ccc4c(c3)OCCO4)CC2)c1. The molecule has 2 aliphatic heterocycles. The lowest BCUT2D eigenvalue weighted by Crippen LogP contribution is -2.40. The maximum Gasteiger partial charge on any atom is 0.238 e. The fraction of sp³-hybridized carbons (Fsp3) is 0.440. The largest absolute Gasteiger partial charge is 0.486 e. The second kappa shape index (κ2) is 9.52. The molecule has 0 aromatic heterocycles. The minimum absolute atomic E-state index is 0.0162. The van der Waals surface area contributed by atoms with Crippen molar-refractivity contribution in [2.24, 2.45) is 5.92 Å². The first-order valence-electron chi connectivity index (χ1n) is 11.1. The van der Waals surface area contributed by atoms with Gasteiger partial charge in [-0.25, -0.2) is 0 Å². The molecule has 1 amide bonds. The van der Waals surface area contributed by atoms with Crippen LogP contribution in [0.1, 0.15) is 48.5 Å². The molecule has 1 fully saturated rings. The zero-order valence-electron chi connectivity index (χ0n) is 18.2. The number of carbonyl (C=O) groups excluding carboxylic acids is 2. The van der Waals surface area contributed by atoms with E-state index >= 15 is 0 Å². The van der Waals surface area contributed by atoms with E-state index in [-0.39, 0.29) is 17.6 Å². The third-order valence-electron chi connectivity index (χ3n) is 5.99. The van der Waals surface area contributed by atoms with E-state index < -0.39 is 0 Å². The highest BCUT2D eigenvalue weighted by Gasteiger charge is 2.27. The summed E-state index contributed by atoms with van der Waals surface area (Å²) < 4.78 is 11.1. The summed E-state index contributed by atoms with van der Waals surface area (Å²) in [5.41, 5.74) is 2.71. The van der Waals surface area contributed by atoms with Gasteiger partial charge in [0.1, 0.15) is 13.2 Å². The van der Waals surface area contributed by atoms with E-state index in [0.29, 0.717) is 42.7 Å². The molecular formula is C25H30N2O4. The molecule has 1 N–H and O–H groups in total. The number of nitrogens with one attached hydrogen (secondary N) is 1. The summed E-state index contributed by atoms with van der Waals surface area (Å²) in [6.45, 7) is 7.13. The third-order valence-corrected chi connectivity index (χ3v) is 5.99. The first kappa shape index (κ1) is 21.4. The molecule has 0 bridgehead atoms. The Morgan fingerprint density at radius 2 is 1.77 bits per heavy atom. The van der Waals surface area contributed by atoms with Crippen LogP contribution in [0.3, 0.4) is 0 Å². The van der Waals surface area contributed by atoms with Crippen molar-refractivity contribution in [2.75, 3.05) is 38.2 Å². The Morgan fingerprint density at radius 3 is 2.52 bits per heavy atom. The van der Waals surface area contributed by atoms with Crippen LogP contribution in [-0.2, 0) is 4.79 Å². The Bertz CT molecular complexity index is 948. The first-order chi connectivity index (χ1) is 15.0. The van der Waals surface area contributed by atoms with Crippen molar-refractivity contribution in [2.45, 2.75) is 32.6 Å². The summed E-state index contributed by atoms with van der Waals surface area (Å²) in [5.74, 6) is 1.87. The Morgan fingerprint density at radius 1 is 1.03 bits per heavy atom. The second-order valence-electron chi connectivity index (χ2n) is 8.60. The molecule has 2 aromatic rings. The number of fused-ring (bicyclic) bond motifs is 1. The number of Topliss-reactive ketones (excluding diaryl/α,β-unsaturated/α-hetero) is 1. The maximum atomic E-state index is 12.9. The number of amides is 1. The van der Waals surface area contributed by atoms with Crippen molar-refractivity contribution < 1.29 is 19.1 Å². The molecule has 0 spiro atoms. The minimum atomic E-state index is -0.0235. The number of benzene rings is 2. The van der Waals surface area contributed by atoms with Gasteiger partial charge in [-0.1, -0.05) is 26.0 Å². The molecule has 1 saturated heterocycles. The predicted octanol–water partition coefficient (Wildman–Crippen LogP) is 4.11.